The van der Waals surface area contributed by atoms with Crippen LogP contribution >= 0.6 is 0 Å². The highest BCUT2D eigenvalue weighted by molar-refractivity contribution is 6.15. The van der Waals surface area contributed by atoms with Crippen molar-refractivity contribution in [2.75, 3.05) is 14.2 Å². The van der Waals surface area contributed by atoms with Crippen molar-refractivity contribution >= 4 is 28.4 Å². The molecule has 0 aliphatic carbocycles. The van der Waals surface area contributed by atoms with E-state index in [4.69, 9.17) is 24.1 Å². The number of ketones is 1. The van der Waals surface area contributed by atoms with E-state index < -0.39 is 12.1 Å². The minimum Gasteiger partial charge on any atom is -0.493 e. The zero-order valence-corrected chi connectivity index (χ0v) is 24.3. The van der Waals surface area contributed by atoms with E-state index in [1.165, 1.54) is 7.11 Å². The number of nitrogens with zero attached hydrogens (tertiary/aromatic N) is 2. The molecule has 0 bridgehead atoms. The summed E-state index contributed by atoms with van der Waals surface area (Å²) in [6.45, 7) is 4.08. The molecule has 2 heterocycles. The molecule has 0 spiro atoms. The van der Waals surface area contributed by atoms with Gasteiger partial charge in [-0.3, -0.25) is 19.6 Å². The molecule has 0 atom stereocenters. The largest absolute Gasteiger partial charge is 0.493 e. The molecule has 0 aliphatic rings. The number of carboxylic acid groups (broad SMARTS) is 1. The van der Waals surface area contributed by atoms with Gasteiger partial charge in [0, 0.05) is 36.1 Å². The predicted octanol–water partition coefficient (Wildman–Crippen LogP) is 5.16. The first-order valence-electron chi connectivity index (χ1n) is 13.1. The second-order valence-corrected chi connectivity index (χ2v) is 9.53. The Balaban J connectivity index is 0.000000676. The summed E-state index contributed by atoms with van der Waals surface area (Å²) in [5.74, 6) is -1.57. The molecule has 10 nitrogen and oxygen atoms in total. The lowest BCUT2D eigenvalue weighted by Gasteiger charge is -2.15. The van der Waals surface area contributed by atoms with Crippen LogP contribution in [0, 0.1) is 0 Å². The summed E-state index contributed by atoms with van der Waals surface area (Å²) in [6, 6.07) is 14.2. The number of fused-ring (bicyclic) bond motifs is 1. The quantitative estimate of drug-likeness (QED) is 0.233. The van der Waals surface area contributed by atoms with E-state index in [0.29, 0.717) is 28.2 Å². The van der Waals surface area contributed by atoms with E-state index in [9.17, 15) is 22.8 Å². The van der Waals surface area contributed by atoms with Crippen LogP contribution < -0.4 is 19.5 Å². The van der Waals surface area contributed by atoms with Crippen molar-refractivity contribution in [1.29, 1.82) is 0 Å². The van der Waals surface area contributed by atoms with Gasteiger partial charge in [-0.2, -0.15) is 13.2 Å². The molecule has 0 fully saturated rings. The lowest BCUT2D eigenvalue weighted by Crippen LogP contribution is -2.25. The number of hydrogen-bond donors (Lipinski definition) is 2. The zero-order valence-electron chi connectivity index (χ0n) is 24.3. The molecule has 44 heavy (non-hydrogen) atoms. The summed E-state index contributed by atoms with van der Waals surface area (Å²) in [5, 5.41) is 11.4. The number of benzene rings is 2. The maximum atomic E-state index is 13.6. The third kappa shape index (κ3) is 8.90. The van der Waals surface area contributed by atoms with Crippen molar-refractivity contribution in [3.8, 4) is 17.2 Å². The van der Waals surface area contributed by atoms with Crippen LogP contribution in [0.5, 0.6) is 17.2 Å². The molecule has 2 N–H and O–H groups in total. The van der Waals surface area contributed by atoms with Crippen LogP contribution in [0.25, 0.3) is 10.8 Å². The van der Waals surface area contributed by atoms with Crippen LogP contribution in [-0.2, 0) is 22.6 Å². The monoisotopic (exact) mass is 613 g/mol. The van der Waals surface area contributed by atoms with E-state index >= 15 is 0 Å². The van der Waals surface area contributed by atoms with Crippen molar-refractivity contribution in [2.45, 2.75) is 39.1 Å². The Labute approximate surface area is 250 Å². The molecule has 4 aromatic rings. The number of ether oxygens (including phenoxy) is 3. The maximum Gasteiger partial charge on any atom is 0.490 e. The fourth-order valence-electron chi connectivity index (χ4n) is 4.01. The third-order valence-electron chi connectivity index (χ3n) is 5.96. The Bertz CT molecular complexity index is 1630. The molecule has 2 aromatic heterocycles. The van der Waals surface area contributed by atoms with Gasteiger partial charge >= 0.3 is 12.1 Å². The van der Waals surface area contributed by atoms with Crippen molar-refractivity contribution in [2.24, 2.45) is 0 Å². The van der Waals surface area contributed by atoms with Gasteiger partial charge in [0.2, 0.25) is 11.7 Å². The van der Waals surface area contributed by atoms with E-state index in [0.717, 1.165) is 16.5 Å². The lowest BCUT2D eigenvalue weighted by molar-refractivity contribution is -0.192. The minimum absolute atomic E-state index is 0.0197. The summed E-state index contributed by atoms with van der Waals surface area (Å²) >= 11 is 0. The number of methoxy groups -OCH3 is 2. The minimum atomic E-state index is -5.08. The molecule has 0 saturated carbocycles. The van der Waals surface area contributed by atoms with E-state index in [1.54, 1.807) is 62.1 Å². The van der Waals surface area contributed by atoms with Gasteiger partial charge in [0.1, 0.15) is 11.4 Å². The number of hydrogen-bond acceptors (Lipinski definition) is 8. The number of amides is 1. The Morgan fingerprint density at radius 2 is 1.61 bits per heavy atom. The fraction of sp³-hybridized carbons (Fsp3) is 0.258. The van der Waals surface area contributed by atoms with Crippen molar-refractivity contribution in [1.82, 2.24) is 15.3 Å². The Kier molecular flexibility index (Phi) is 11.2. The number of carboxylic acids is 1. The van der Waals surface area contributed by atoms with Crippen LogP contribution in [0.4, 0.5) is 13.2 Å². The molecule has 4 rings (SSSR count). The smallest absolute Gasteiger partial charge is 0.490 e. The maximum absolute atomic E-state index is 13.6. The zero-order chi connectivity index (χ0) is 32.4. The number of carbonyl (C=O) groups excluding carboxylic acids is 2. The number of rotatable bonds is 10. The second-order valence-electron chi connectivity index (χ2n) is 9.53. The van der Waals surface area contributed by atoms with Gasteiger partial charge in [-0.15, -0.1) is 0 Å². The first-order valence-corrected chi connectivity index (χ1v) is 13.1. The SMILES string of the molecule is COc1cc2c(CNC(=O)Cc3cccnc3)cnc(C(=O)c3cccc(OC(C)C)c3)c2cc1OC.O=C(O)C(F)(F)F. The van der Waals surface area contributed by atoms with Crippen molar-refractivity contribution in [3.05, 3.63) is 89.5 Å². The molecular weight excluding hydrogens is 583 g/mol. The number of carbonyl (C=O) groups is 3. The molecule has 0 aliphatic heterocycles. The van der Waals surface area contributed by atoms with E-state index in [2.05, 4.69) is 15.3 Å². The van der Waals surface area contributed by atoms with Gasteiger partial charge in [-0.1, -0.05) is 18.2 Å². The fourth-order valence-corrected chi connectivity index (χ4v) is 4.01. The van der Waals surface area contributed by atoms with E-state index in [-0.39, 0.29) is 36.5 Å². The standard InChI is InChI=1S/C29H29N3O5.C2HF3O2/c1-18(2)37-22-9-5-8-20(12-22)29(34)28-24-14-26(36-4)25(35-3)13-23(24)21(17-32-28)16-31-27(33)11-19-7-6-10-30-15-19;3-2(4,5)1(6)7/h5-10,12-15,17-18H,11,16H2,1-4H3,(H,31,33);(H,6,7). The number of alkyl halides is 3. The molecule has 0 radical (unpaired) electrons. The normalized spacial score (nSPS) is 10.9. The summed E-state index contributed by atoms with van der Waals surface area (Å²) in [6.07, 6.45) is 0.0444. The van der Waals surface area contributed by atoms with Gasteiger partial charge in [0.25, 0.3) is 0 Å². The Hall–Kier alpha value is -5.20. The lowest BCUT2D eigenvalue weighted by atomic mass is 9.98. The summed E-state index contributed by atoms with van der Waals surface area (Å²) in [7, 11) is 3.08. The number of pyridine rings is 2. The summed E-state index contributed by atoms with van der Waals surface area (Å²) in [4.78, 5) is 43.6. The average molecular weight is 614 g/mol. The second kappa shape index (κ2) is 14.8. The molecule has 232 valence electrons. The van der Waals surface area contributed by atoms with Gasteiger partial charge in [-0.25, -0.2) is 4.79 Å². The topological polar surface area (TPSA) is 137 Å². The predicted molar refractivity (Wildman–Crippen MR) is 154 cm³/mol. The number of aromatic nitrogens is 2. The van der Waals surface area contributed by atoms with Crippen LogP contribution in [0.2, 0.25) is 0 Å². The molecule has 0 unspecified atom stereocenters. The summed E-state index contributed by atoms with van der Waals surface area (Å²) in [5.41, 5.74) is 2.28. The highest BCUT2D eigenvalue weighted by atomic mass is 19.4. The van der Waals surface area contributed by atoms with Gasteiger partial charge in [0.15, 0.2) is 11.5 Å². The van der Waals surface area contributed by atoms with E-state index in [1.807, 2.05) is 26.0 Å². The highest BCUT2D eigenvalue weighted by Gasteiger charge is 2.38. The molecular formula is C31H30F3N3O7. The Morgan fingerprint density at radius 3 is 2.18 bits per heavy atom. The number of nitrogens with one attached hydrogen (secondary N) is 1. The highest BCUT2D eigenvalue weighted by Crippen LogP contribution is 2.35. The summed E-state index contributed by atoms with van der Waals surface area (Å²) < 4.78 is 48.5. The van der Waals surface area contributed by atoms with Crippen LogP contribution in [0.1, 0.15) is 41.0 Å². The first kappa shape index (κ1) is 33.3. The van der Waals surface area contributed by atoms with Crippen LogP contribution in [0.15, 0.2) is 67.1 Å². The van der Waals surface area contributed by atoms with Gasteiger partial charge in [0.05, 0.1) is 26.7 Å². The van der Waals surface area contributed by atoms with Crippen LogP contribution in [0.3, 0.4) is 0 Å². The first-order chi connectivity index (χ1) is 20.8. The molecule has 0 saturated heterocycles. The molecule has 13 heteroatoms. The average Bonchev–Trinajstić information content (AvgIpc) is 2.98. The van der Waals surface area contributed by atoms with Gasteiger partial charge in [-0.05, 0) is 60.7 Å². The van der Waals surface area contributed by atoms with Crippen LogP contribution in [-0.4, -0.2) is 59.2 Å². The Morgan fingerprint density at radius 1 is 0.955 bits per heavy atom. The number of halogens is 3. The number of aliphatic carboxylic acids is 1. The van der Waals surface area contributed by atoms with Crippen molar-refractivity contribution < 1.29 is 46.9 Å². The third-order valence-corrected chi connectivity index (χ3v) is 5.96. The molecule has 2 aromatic carbocycles. The van der Waals surface area contributed by atoms with Gasteiger partial charge < -0.3 is 24.6 Å². The van der Waals surface area contributed by atoms with Crippen molar-refractivity contribution in [3.63, 3.8) is 0 Å². The molecule has 1 amide bonds.